The van der Waals surface area contributed by atoms with Crippen LogP contribution >= 0.6 is 0 Å². The Morgan fingerprint density at radius 2 is 1.50 bits per heavy atom. The summed E-state index contributed by atoms with van der Waals surface area (Å²) in [5.41, 5.74) is 3.12. The van der Waals surface area contributed by atoms with E-state index in [4.69, 9.17) is 0 Å². The SMILES string of the molecule is Cc1ccc(CC(=O)NCCN2C(=O)c3cccc4cccc(c34)C2=O)cc1. The first kappa shape index (κ1) is 17.9. The lowest BCUT2D eigenvalue weighted by Gasteiger charge is -2.27. The van der Waals surface area contributed by atoms with Crippen molar-refractivity contribution in [1.29, 1.82) is 0 Å². The number of imide groups is 1. The summed E-state index contributed by atoms with van der Waals surface area (Å²) in [6.07, 6.45) is 0.268. The molecule has 4 rings (SSSR count). The first-order valence-corrected chi connectivity index (χ1v) is 9.25. The second-order valence-corrected chi connectivity index (χ2v) is 6.98. The van der Waals surface area contributed by atoms with Crippen LogP contribution in [0, 0.1) is 6.92 Å². The van der Waals surface area contributed by atoms with Crippen molar-refractivity contribution < 1.29 is 14.4 Å². The van der Waals surface area contributed by atoms with Crippen molar-refractivity contribution in [3.63, 3.8) is 0 Å². The van der Waals surface area contributed by atoms with Crippen molar-refractivity contribution in [3.05, 3.63) is 82.9 Å². The number of rotatable bonds is 5. The zero-order valence-corrected chi connectivity index (χ0v) is 15.6. The molecule has 3 amide bonds. The van der Waals surface area contributed by atoms with Crippen LogP contribution in [0.5, 0.6) is 0 Å². The normalized spacial score (nSPS) is 13.1. The molecule has 3 aromatic rings. The fraction of sp³-hybridized carbons (Fsp3) is 0.174. The van der Waals surface area contributed by atoms with Crippen molar-refractivity contribution in [2.45, 2.75) is 13.3 Å². The molecular weight excluding hydrogens is 352 g/mol. The highest BCUT2D eigenvalue weighted by atomic mass is 16.2. The molecule has 0 saturated carbocycles. The van der Waals surface area contributed by atoms with Crippen LogP contribution in [0.4, 0.5) is 0 Å². The van der Waals surface area contributed by atoms with Crippen LogP contribution in [0.15, 0.2) is 60.7 Å². The molecule has 0 unspecified atom stereocenters. The van der Waals surface area contributed by atoms with Gasteiger partial charge in [0, 0.05) is 29.6 Å². The number of hydrogen-bond acceptors (Lipinski definition) is 3. The first-order valence-electron chi connectivity index (χ1n) is 9.25. The molecule has 1 heterocycles. The maximum absolute atomic E-state index is 12.8. The minimum Gasteiger partial charge on any atom is -0.354 e. The van der Waals surface area contributed by atoms with E-state index in [1.807, 2.05) is 55.5 Å². The van der Waals surface area contributed by atoms with Gasteiger partial charge in [0.1, 0.15) is 0 Å². The largest absolute Gasteiger partial charge is 0.354 e. The monoisotopic (exact) mass is 372 g/mol. The highest BCUT2D eigenvalue weighted by Crippen LogP contribution is 2.29. The van der Waals surface area contributed by atoms with Crippen LogP contribution in [0.2, 0.25) is 0 Å². The number of nitrogens with zero attached hydrogens (tertiary/aromatic N) is 1. The van der Waals surface area contributed by atoms with Gasteiger partial charge in [-0.25, -0.2) is 0 Å². The average molecular weight is 372 g/mol. The molecule has 1 aliphatic rings. The number of hydrogen-bond donors (Lipinski definition) is 1. The van der Waals surface area contributed by atoms with E-state index in [0.29, 0.717) is 16.5 Å². The molecule has 0 atom stereocenters. The quantitative estimate of drug-likeness (QED) is 0.700. The van der Waals surface area contributed by atoms with E-state index >= 15 is 0 Å². The fourth-order valence-corrected chi connectivity index (χ4v) is 3.54. The summed E-state index contributed by atoms with van der Waals surface area (Å²) < 4.78 is 0. The van der Waals surface area contributed by atoms with Gasteiger partial charge in [-0.2, -0.15) is 0 Å². The summed E-state index contributed by atoms with van der Waals surface area (Å²) in [5.74, 6) is -0.771. The van der Waals surface area contributed by atoms with Crippen LogP contribution in [-0.4, -0.2) is 35.7 Å². The first-order chi connectivity index (χ1) is 13.5. The van der Waals surface area contributed by atoms with E-state index in [2.05, 4.69) is 5.32 Å². The molecule has 0 aliphatic carbocycles. The summed E-state index contributed by atoms with van der Waals surface area (Å²) in [4.78, 5) is 39.0. The Balaban J connectivity index is 1.43. The second kappa shape index (κ2) is 7.27. The van der Waals surface area contributed by atoms with Gasteiger partial charge in [-0.05, 0) is 30.0 Å². The predicted molar refractivity (Wildman–Crippen MR) is 107 cm³/mol. The number of aryl methyl sites for hydroxylation is 1. The van der Waals surface area contributed by atoms with Crippen LogP contribution in [0.3, 0.4) is 0 Å². The molecule has 1 aliphatic heterocycles. The van der Waals surface area contributed by atoms with Crippen molar-refractivity contribution >= 4 is 28.5 Å². The molecule has 0 spiro atoms. The standard InChI is InChI=1S/C23H20N2O3/c1-15-8-10-16(11-9-15)14-20(26)24-12-13-25-22(27)18-6-2-4-17-5-3-7-19(21(17)18)23(25)28/h2-11H,12-14H2,1H3,(H,24,26). The lowest BCUT2D eigenvalue weighted by atomic mass is 9.94. The second-order valence-electron chi connectivity index (χ2n) is 6.98. The lowest BCUT2D eigenvalue weighted by molar-refractivity contribution is -0.120. The van der Waals surface area contributed by atoms with Crippen molar-refractivity contribution in [1.82, 2.24) is 10.2 Å². The molecule has 5 nitrogen and oxygen atoms in total. The molecular formula is C23H20N2O3. The summed E-state index contributed by atoms with van der Waals surface area (Å²) >= 11 is 0. The maximum Gasteiger partial charge on any atom is 0.261 e. The Hall–Kier alpha value is -3.47. The fourth-order valence-electron chi connectivity index (χ4n) is 3.54. The van der Waals surface area contributed by atoms with Gasteiger partial charge in [-0.1, -0.05) is 54.1 Å². The molecule has 1 N–H and O–H groups in total. The van der Waals surface area contributed by atoms with Crippen molar-refractivity contribution in [2.75, 3.05) is 13.1 Å². The van der Waals surface area contributed by atoms with Crippen LogP contribution in [0.1, 0.15) is 31.8 Å². The van der Waals surface area contributed by atoms with E-state index in [9.17, 15) is 14.4 Å². The Kier molecular flexibility index (Phi) is 4.65. The van der Waals surface area contributed by atoms with Crippen LogP contribution in [0.25, 0.3) is 10.8 Å². The minimum atomic E-state index is -0.318. The van der Waals surface area contributed by atoms with Crippen LogP contribution < -0.4 is 5.32 Å². The zero-order chi connectivity index (χ0) is 19.7. The van der Waals surface area contributed by atoms with Gasteiger partial charge in [-0.3, -0.25) is 19.3 Å². The predicted octanol–water partition coefficient (Wildman–Crippen LogP) is 3.10. The lowest BCUT2D eigenvalue weighted by Crippen LogP contribution is -2.44. The Bertz CT molecular complexity index is 1040. The molecule has 0 radical (unpaired) electrons. The van der Waals surface area contributed by atoms with E-state index in [0.717, 1.165) is 16.5 Å². The number of nitrogens with one attached hydrogen (secondary N) is 1. The third kappa shape index (κ3) is 3.27. The van der Waals surface area contributed by atoms with Crippen LogP contribution in [-0.2, 0) is 11.2 Å². The summed E-state index contributed by atoms with van der Waals surface area (Å²) in [7, 11) is 0. The van der Waals surface area contributed by atoms with Gasteiger partial charge in [0.05, 0.1) is 6.42 Å². The topological polar surface area (TPSA) is 66.5 Å². The molecule has 140 valence electrons. The molecule has 28 heavy (non-hydrogen) atoms. The number of carbonyl (C=O) groups is 3. The Morgan fingerprint density at radius 3 is 2.11 bits per heavy atom. The summed E-state index contributed by atoms with van der Waals surface area (Å²) in [6, 6.07) is 18.7. The van der Waals surface area contributed by atoms with Gasteiger partial charge in [0.25, 0.3) is 11.8 Å². The average Bonchev–Trinajstić information content (AvgIpc) is 2.70. The highest BCUT2D eigenvalue weighted by Gasteiger charge is 2.32. The maximum atomic E-state index is 12.8. The third-order valence-corrected chi connectivity index (χ3v) is 5.00. The number of benzene rings is 3. The molecule has 0 aromatic heterocycles. The highest BCUT2D eigenvalue weighted by molar-refractivity contribution is 6.25. The number of amides is 3. The molecule has 0 bridgehead atoms. The Morgan fingerprint density at radius 1 is 0.893 bits per heavy atom. The smallest absolute Gasteiger partial charge is 0.261 e. The van der Waals surface area contributed by atoms with E-state index in [1.54, 1.807) is 12.1 Å². The molecule has 5 heteroatoms. The molecule has 3 aromatic carbocycles. The summed E-state index contributed by atoms with van der Waals surface area (Å²) in [6.45, 7) is 2.36. The van der Waals surface area contributed by atoms with Gasteiger partial charge in [0.2, 0.25) is 5.91 Å². The number of carbonyl (C=O) groups excluding carboxylic acids is 3. The minimum absolute atomic E-state index is 0.136. The van der Waals surface area contributed by atoms with Gasteiger partial charge in [0.15, 0.2) is 0 Å². The third-order valence-electron chi connectivity index (χ3n) is 5.00. The molecule has 0 saturated heterocycles. The van der Waals surface area contributed by atoms with Gasteiger partial charge in [-0.15, -0.1) is 0 Å². The van der Waals surface area contributed by atoms with E-state index in [1.165, 1.54) is 4.90 Å². The van der Waals surface area contributed by atoms with Crippen molar-refractivity contribution in [2.24, 2.45) is 0 Å². The van der Waals surface area contributed by atoms with Gasteiger partial charge >= 0.3 is 0 Å². The van der Waals surface area contributed by atoms with E-state index in [-0.39, 0.29) is 37.2 Å². The zero-order valence-electron chi connectivity index (χ0n) is 15.6. The van der Waals surface area contributed by atoms with E-state index < -0.39 is 0 Å². The Labute approximate surface area is 163 Å². The molecule has 0 fully saturated rings. The van der Waals surface area contributed by atoms with Gasteiger partial charge < -0.3 is 5.32 Å². The summed E-state index contributed by atoms with van der Waals surface area (Å²) in [5, 5.41) is 4.38. The van der Waals surface area contributed by atoms with Crippen molar-refractivity contribution in [3.8, 4) is 0 Å².